The first-order chi connectivity index (χ1) is 17.1. The smallest absolute Gasteiger partial charge is 0.270 e. The number of nitrogens with zero attached hydrogens (tertiary/aromatic N) is 1. The number of benzene rings is 2. The van der Waals surface area contributed by atoms with Gasteiger partial charge in [0.05, 0.1) is 39.6 Å². The van der Waals surface area contributed by atoms with E-state index in [1.165, 1.54) is 0 Å². The number of pyridine rings is 1. The highest BCUT2D eigenvalue weighted by atomic mass is 16.5. The number of carbonyl (C=O) groups is 1. The fourth-order valence-electron chi connectivity index (χ4n) is 3.68. The first-order valence-electron chi connectivity index (χ1n) is 11.0. The normalized spacial score (nSPS) is 10.6. The minimum Gasteiger partial charge on any atom is -0.494 e. The Morgan fingerprint density at radius 2 is 1.71 bits per heavy atom. The summed E-state index contributed by atoms with van der Waals surface area (Å²) < 4.78 is 27.5. The van der Waals surface area contributed by atoms with Crippen molar-refractivity contribution < 1.29 is 28.2 Å². The second kappa shape index (κ2) is 10.7. The molecule has 0 aliphatic carbocycles. The summed E-state index contributed by atoms with van der Waals surface area (Å²) in [4.78, 5) is 17.6. The highest BCUT2D eigenvalue weighted by Crippen LogP contribution is 2.41. The number of hydrogen-bond acceptors (Lipinski definition) is 8. The number of ether oxygens (including phenoxy) is 4. The first kappa shape index (κ1) is 23.7. The zero-order valence-corrected chi connectivity index (χ0v) is 20.0. The molecule has 9 heteroatoms. The molecule has 0 aliphatic rings. The first-order valence-corrected chi connectivity index (χ1v) is 11.0. The molecule has 1 amide bonds. The molecule has 0 fully saturated rings. The van der Waals surface area contributed by atoms with Gasteiger partial charge in [-0.2, -0.15) is 0 Å². The van der Waals surface area contributed by atoms with Gasteiger partial charge in [0.15, 0.2) is 11.5 Å². The van der Waals surface area contributed by atoms with Crippen molar-refractivity contribution in [1.29, 1.82) is 0 Å². The zero-order valence-electron chi connectivity index (χ0n) is 20.0. The van der Waals surface area contributed by atoms with Gasteiger partial charge in [-0.25, -0.2) is 4.98 Å². The fourth-order valence-corrected chi connectivity index (χ4v) is 3.68. The van der Waals surface area contributed by atoms with Crippen molar-refractivity contribution in [3.63, 3.8) is 0 Å². The molecule has 0 aliphatic heterocycles. The summed E-state index contributed by atoms with van der Waals surface area (Å²) in [6.07, 6.45) is 1.55. The third kappa shape index (κ3) is 5.08. The van der Waals surface area contributed by atoms with Crippen molar-refractivity contribution in [3.8, 4) is 23.0 Å². The Kier molecular flexibility index (Phi) is 7.25. The lowest BCUT2D eigenvalue weighted by Gasteiger charge is -2.15. The number of rotatable bonds is 10. The number of para-hydroxylation sites is 1. The van der Waals surface area contributed by atoms with Crippen molar-refractivity contribution in [3.05, 3.63) is 66.1 Å². The van der Waals surface area contributed by atoms with E-state index in [0.29, 0.717) is 47.5 Å². The maximum absolute atomic E-state index is 13.0. The van der Waals surface area contributed by atoms with Crippen LogP contribution in [0.1, 0.15) is 23.0 Å². The Hall–Kier alpha value is -4.40. The topological polar surface area (TPSA) is 104 Å². The average Bonchev–Trinajstić information content (AvgIpc) is 3.36. The summed E-state index contributed by atoms with van der Waals surface area (Å²) in [5.41, 5.74) is 2.24. The van der Waals surface area contributed by atoms with Crippen molar-refractivity contribution >= 4 is 28.4 Å². The lowest BCUT2D eigenvalue weighted by molar-refractivity contribution is 0.0946. The van der Waals surface area contributed by atoms with Gasteiger partial charge in [0.1, 0.15) is 22.8 Å². The van der Waals surface area contributed by atoms with Crippen molar-refractivity contribution in [2.45, 2.75) is 13.5 Å². The molecule has 4 aromatic rings. The number of anilines is 2. The Morgan fingerprint density at radius 3 is 2.40 bits per heavy atom. The fraction of sp³-hybridized carbons (Fsp3) is 0.231. The molecule has 9 nitrogen and oxygen atoms in total. The van der Waals surface area contributed by atoms with Crippen LogP contribution in [0.25, 0.3) is 11.0 Å². The van der Waals surface area contributed by atoms with Crippen LogP contribution in [0.5, 0.6) is 23.0 Å². The van der Waals surface area contributed by atoms with Crippen LogP contribution in [0.15, 0.2) is 59.2 Å². The number of amides is 1. The van der Waals surface area contributed by atoms with Crippen molar-refractivity contribution in [2.24, 2.45) is 0 Å². The molecule has 0 atom stereocenters. The number of fused-ring (bicyclic) bond motifs is 1. The molecule has 2 heterocycles. The number of carbonyl (C=O) groups excluding carboxylic acids is 1. The molecular formula is C26H27N3O6. The van der Waals surface area contributed by atoms with Crippen LogP contribution in [0.4, 0.5) is 11.5 Å². The molecule has 4 rings (SSSR count). The van der Waals surface area contributed by atoms with E-state index in [4.69, 9.17) is 23.4 Å². The van der Waals surface area contributed by atoms with Crippen LogP contribution in [0.2, 0.25) is 0 Å². The van der Waals surface area contributed by atoms with Crippen molar-refractivity contribution in [2.75, 3.05) is 33.3 Å². The van der Waals surface area contributed by atoms with Crippen LogP contribution < -0.4 is 29.6 Å². The summed E-state index contributed by atoms with van der Waals surface area (Å²) in [5, 5.41) is 6.87. The quantitative estimate of drug-likeness (QED) is 0.332. The molecule has 0 saturated heterocycles. The monoisotopic (exact) mass is 477 g/mol. The van der Waals surface area contributed by atoms with E-state index in [1.807, 2.05) is 31.2 Å². The van der Waals surface area contributed by atoms with E-state index < -0.39 is 0 Å². The Balaban J connectivity index is 1.62. The molecule has 2 aromatic heterocycles. The molecule has 0 saturated carbocycles. The van der Waals surface area contributed by atoms with Gasteiger partial charge in [-0.1, -0.05) is 18.2 Å². The van der Waals surface area contributed by atoms with Gasteiger partial charge >= 0.3 is 0 Å². The van der Waals surface area contributed by atoms with Gasteiger partial charge in [-0.05, 0) is 19.1 Å². The maximum Gasteiger partial charge on any atom is 0.270 e. The summed E-state index contributed by atoms with van der Waals surface area (Å²) in [5.74, 6) is 2.28. The van der Waals surface area contributed by atoms with E-state index in [9.17, 15) is 4.79 Å². The van der Waals surface area contributed by atoms with E-state index in [2.05, 4.69) is 15.6 Å². The van der Waals surface area contributed by atoms with E-state index in [0.717, 1.165) is 16.7 Å². The Labute approximate surface area is 203 Å². The largest absolute Gasteiger partial charge is 0.494 e. The lowest BCUT2D eigenvalue weighted by Crippen LogP contribution is -2.24. The second-order valence-corrected chi connectivity index (χ2v) is 7.45. The van der Waals surface area contributed by atoms with Crippen molar-refractivity contribution in [1.82, 2.24) is 10.3 Å². The molecule has 0 radical (unpaired) electrons. The third-order valence-electron chi connectivity index (χ3n) is 5.32. The average molecular weight is 478 g/mol. The van der Waals surface area contributed by atoms with Gasteiger partial charge in [-0.15, -0.1) is 0 Å². The minimum atomic E-state index is -0.345. The van der Waals surface area contributed by atoms with Crippen LogP contribution >= 0.6 is 0 Å². The predicted octanol–water partition coefficient (Wildman–Crippen LogP) is 4.93. The molecule has 0 spiro atoms. The molecule has 0 unspecified atom stereocenters. The number of nitrogens with one attached hydrogen (secondary N) is 2. The summed E-state index contributed by atoms with van der Waals surface area (Å²) in [7, 11) is 4.63. The van der Waals surface area contributed by atoms with E-state index in [-0.39, 0.29) is 11.6 Å². The molecular weight excluding hydrogens is 450 g/mol. The predicted molar refractivity (Wildman–Crippen MR) is 132 cm³/mol. The number of methoxy groups -OCH3 is 3. The molecule has 0 bridgehead atoms. The van der Waals surface area contributed by atoms with Gasteiger partial charge in [0.2, 0.25) is 5.75 Å². The van der Waals surface area contributed by atoms with Crippen LogP contribution in [-0.2, 0) is 6.54 Å². The van der Waals surface area contributed by atoms with Crippen LogP contribution in [0, 0.1) is 0 Å². The highest BCUT2D eigenvalue weighted by Gasteiger charge is 2.17. The van der Waals surface area contributed by atoms with Gasteiger partial charge in [0, 0.05) is 36.0 Å². The second-order valence-electron chi connectivity index (χ2n) is 7.45. The molecule has 2 N–H and O–H groups in total. The van der Waals surface area contributed by atoms with Crippen LogP contribution in [0.3, 0.4) is 0 Å². The van der Waals surface area contributed by atoms with Gasteiger partial charge in [0.25, 0.3) is 5.91 Å². The maximum atomic E-state index is 13.0. The highest BCUT2D eigenvalue weighted by molar-refractivity contribution is 5.99. The Morgan fingerprint density at radius 1 is 0.971 bits per heavy atom. The number of hydrogen-bond donors (Lipinski definition) is 2. The number of furan rings is 1. The summed E-state index contributed by atoms with van der Waals surface area (Å²) in [6.45, 7) is 2.75. The standard InChI is InChI=1S/C26H27N3O6/c1-5-34-20-9-7-6-8-16(20)15-27-26(30)19-14-21-18(10-11-35-21)25(29-19)28-17-12-22(31-2)24(33-4)23(13-17)32-3/h6-14H,5,15H2,1-4H3,(H,27,30)(H,28,29). The number of aromatic nitrogens is 1. The Bertz CT molecular complexity index is 1310. The molecule has 2 aromatic carbocycles. The third-order valence-corrected chi connectivity index (χ3v) is 5.32. The molecule has 182 valence electrons. The lowest BCUT2D eigenvalue weighted by atomic mass is 10.2. The van der Waals surface area contributed by atoms with E-state index >= 15 is 0 Å². The molecule has 35 heavy (non-hydrogen) atoms. The minimum absolute atomic E-state index is 0.205. The van der Waals surface area contributed by atoms with E-state index in [1.54, 1.807) is 51.9 Å². The van der Waals surface area contributed by atoms with Crippen LogP contribution in [-0.4, -0.2) is 38.8 Å². The van der Waals surface area contributed by atoms with Gasteiger partial charge < -0.3 is 34.0 Å². The summed E-state index contributed by atoms with van der Waals surface area (Å²) in [6, 6.07) is 14.5. The SMILES string of the molecule is CCOc1ccccc1CNC(=O)c1cc2occc2c(Nc2cc(OC)c(OC)c(OC)c2)n1. The summed E-state index contributed by atoms with van der Waals surface area (Å²) >= 11 is 0. The van der Waals surface area contributed by atoms with Gasteiger partial charge in [-0.3, -0.25) is 4.79 Å². The zero-order chi connectivity index (χ0) is 24.8.